The molecule has 1 fully saturated rings. The van der Waals surface area contributed by atoms with Gasteiger partial charge in [-0.15, -0.1) is 0 Å². The van der Waals surface area contributed by atoms with Crippen molar-refractivity contribution in [3.63, 3.8) is 0 Å². The minimum absolute atomic E-state index is 0.541. The fraction of sp³-hybridized carbons (Fsp3) is 0.538. The molecule has 3 heteroatoms. The number of hydrogen-bond donors (Lipinski definition) is 1. The Kier molecular flexibility index (Phi) is 3.67. The summed E-state index contributed by atoms with van der Waals surface area (Å²) in [4.78, 5) is 0. The first-order chi connectivity index (χ1) is 7.86. The Balaban J connectivity index is 2.30. The molecule has 1 aliphatic heterocycles. The standard InChI is InChI=1S/C13H19NO2/c1-15-12-7-3-6-11(13(12)16-2)10-5-4-8-14-9-10/h3,6-7,10,14H,4-5,8-9H2,1-2H3. The first-order valence-corrected chi connectivity index (χ1v) is 5.78. The van der Waals surface area contributed by atoms with E-state index in [4.69, 9.17) is 9.47 Å². The van der Waals surface area contributed by atoms with Gasteiger partial charge in [-0.3, -0.25) is 0 Å². The highest BCUT2D eigenvalue weighted by molar-refractivity contribution is 5.48. The summed E-state index contributed by atoms with van der Waals surface area (Å²) in [5.41, 5.74) is 1.26. The number of nitrogens with one attached hydrogen (secondary N) is 1. The number of piperidine rings is 1. The molecule has 1 aromatic rings. The van der Waals surface area contributed by atoms with E-state index >= 15 is 0 Å². The predicted octanol–water partition coefficient (Wildman–Crippen LogP) is 2.17. The third-order valence-corrected chi connectivity index (χ3v) is 3.17. The molecule has 88 valence electrons. The summed E-state index contributed by atoms with van der Waals surface area (Å²) in [5, 5.41) is 3.43. The fourth-order valence-electron chi connectivity index (χ4n) is 2.35. The van der Waals surface area contributed by atoms with E-state index in [1.54, 1.807) is 14.2 Å². The summed E-state index contributed by atoms with van der Waals surface area (Å²) in [5.74, 6) is 2.25. The van der Waals surface area contributed by atoms with Gasteiger partial charge in [0, 0.05) is 18.0 Å². The highest BCUT2D eigenvalue weighted by Crippen LogP contribution is 2.37. The number of ether oxygens (including phenoxy) is 2. The van der Waals surface area contributed by atoms with Crippen LogP contribution in [0.1, 0.15) is 24.3 Å². The van der Waals surface area contributed by atoms with E-state index in [-0.39, 0.29) is 0 Å². The lowest BCUT2D eigenvalue weighted by Gasteiger charge is -2.25. The van der Waals surface area contributed by atoms with Crippen LogP contribution in [0.5, 0.6) is 11.5 Å². The minimum atomic E-state index is 0.541. The van der Waals surface area contributed by atoms with E-state index < -0.39 is 0 Å². The molecule has 0 spiro atoms. The first kappa shape index (κ1) is 11.3. The second-order valence-corrected chi connectivity index (χ2v) is 4.13. The lowest BCUT2D eigenvalue weighted by molar-refractivity contribution is 0.344. The normalized spacial score (nSPS) is 20.5. The molecule has 1 heterocycles. The van der Waals surface area contributed by atoms with Gasteiger partial charge >= 0.3 is 0 Å². The molecule has 0 aromatic heterocycles. The van der Waals surface area contributed by atoms with Crippen LogP contribution in [0.3, 0.4) is 0 Å². The van der Waals surface area contributed by atoms with Gasteiger partial charge in [0.05, 0.1) is 14.2 Å². The van der Waals surface area contributed by atoms with Crippen molar-refractivity contribution >= 4 is 0 Å². The van der Waals surface area contributed by atoms with E-state index in [1.165, 1.54) is 18.4 Å². The van der Waals surface area contributed by atoms with Gasteiger partial charge in [-0.25, -0.2) is 0 Å². The van der Waals surface area contributed by atoms with Crippen molar-refractivity contribution in [1.29, 1.82) is 0 Å². The van der Waals surface area contributed by atoms with Gasteiger partial charge in [0.1, 0.15) is 0 Å². The van der Waals surface area contributed by atoms with Crippen molar-refractivity contribution in [2.24, 2.45) is 0 Å². The van der Waals surface area contributed by atoms with E-state index in [1.807, 2.05) is 12.1 Å². The van der Waals surface area contributed by atoms with Gasteiger partial charge in [0.2, 0.25) is 0 Å². The average molecular weight is 221 g/mol. The topological polar surface area (TPSA) is 30.5 Å². The van der Waals surface area contributed by atoms with Crippen LogP contribution in [0.15, 0.2) is 18.2 Å². The van der Waals surface area contributed by atoms with E-state index in [2.05, 4.69) is 11.4 Å². The zero-order valence-corrected chi connectivity index (χ0v) is 9.95. The van der Waals surface area contributed by atoms with Crippen molar-refractivity contribution in [1.82, 2.24) is 5.32 Å². The predicted molar refractivity (Wildman–Crippen MR) is 64.4 cm³/mol. The average Bonchev–Trinajstić information content (AvgIpc) is 2.38. The zero-order chi connectivity index (χ0) is 11.4. The summed E-state index contributed by atoms with van der Waals surface area (Å²) in [7, 11) is 3.39. The zero-order valence-electron chi connectivity index (χ0n) is 9.95. The van der Waals surface area contributed by atoms with E-state index in [9.17, 15) is 0 Å². The van der Waals surface area contributed by atoms with Crippen molar-refractivity contribution < 1.29 is 9.47 Å². The lowest BCUT2D eigenvalue weighted by Crippen LogP contribution is -2.28. The third-order valence-electron chi connectivity index (χ3n) is 3.17. The maximum Gasteiger partial charge on any atom is 0.164 e. The first-order valence-electron chi connectivity index (χ1n) is 5.78. The molecule has 3 nitrogen and oxygen atoms in total. The number of para-hydroxylation sites is 1. The number of benzene rings is 1. The van der Waals surface area contributed by atoms with Crippen LogP contribution < -0.4 is 14.8 Å². The highest BCUT2D eigenvalue weighted by atomic mass is 16.5. The van der Waals surface area contributed by atoms with Crippen molar-refractivity contribution in [3.8, 4) is 11.5 Å². The number of methoxy groups -OCH3 is 2. The van der Waals surface area contributed by atoms with Crippen LogP contribution in [0.4, 0.5) is 0 Å². The van der Waals surface area contributed by atoms with Crippen LogP contribution in [-0.2, 0) is 0 Å². The minimum Gasteiger partial charge on any atom is -0.493 e. The maximum absolute atomic E-state index is 5.47. The Morgan fingerprint density at radius 1 is 1.25 bits per heavy atom. The molecule has 1 aliphatic rings. The third kappa shape index (κ3) is 2.14. The van der Waals surface area contributed by atoms with Crippen molar-refractivity contribution in [2.45, 2.75) is 18.8 Å². The molecule has 0 radical (unpaired) electrons. The second kappa shape index (κ2) is 5.21. The summed E-state index contributed by atoms with van der Waals surface area (Å²) in [6, 6.07) is 6.11. The number of rotatable bonds is 3. The molecule has 1 saturated heterocycles. The summed E-state index contributed by atoms with van der Waals surface area (Å²) in [6.07, 6.45) is 2.45. The molecule has 0 aliphatic carbocycles. The van der Waals surface area contributed by atoms with Gasteiger partial charge < -0.3 is 14.8 Å². The van der Waals surface area contributed by atoms with Gasteiger partial charge in [-0.1, -0.05) is 12.1 Å². The SMILES string of the molecule is COc1cccc(C2CCCNC2)c1OC. The Labute approximate surface area is 96.8 Å². The van der Waals surface area contributed by atoms with Crippen LogP contribution in [0.2, 0.25) is 0 Å². The van der Waals surface area contributed by atoms with Crippen molar-refractivity contribution in [2.75, 3.05) is 27.3 Å². The highest BCUT2D eigenvalue weighted by Gasteiger charge is 2.20. The van der Waals surface area contributed by atoms with Crippen LogP contribution in [0.25, 0.3) is 0 Å². The van der Waals surface area contributed by atoms with Crippen LogP contribution >= 0.6 is 0 Å². The molecule has 0 bridgehead atoms. The lowest BCUT2D eigenvalue weighted by atomic mass is 9.91. The molecule has 1 atom stereocenters. The van der Waals surface area contributed by atoms with Crippen molar-refractivity contribution in [3.05, 3.63) is 23.8 Å². The van der Waals surface area contributed by atoms with Gasteiger partial charge in [0.15, 0.2) is 11.5 Å². The molecule has 1 N–H and O–H groups in total. The molecule has 2 rings (SSSR count). The molecule has 1 aromatic carbocycles. The van der Waals surface area contributed by atoms with E-state index in [0.29, 0.717) is 5.92 Å². The number of hydrogen-bond acceptors (Lipinski definition) is 3. The van der Waals surface area contributed by atoms with Gasteiger partial charge in [-0.2, -0.15) is 0 Å². The smallest absolute Gasteiger partial charge is 0.164 e. The second-order valence-electron chi connectivity index (χ2n) is 4.13. The Hall–Kier alpha value is -1.22. The molecule has 1 unspecified atom stereocenters. The van der Waals surface area contributed by atoms with Gasteiger partial charge in [0.25, 0.3) is 0 Å². The molecular formula is C13H19NO2. The molecule has 0 amide bonds. The molecular weight excluding hydrogens is 202 g/mol. The summed E-state index contributed by atoms with van der Waals surface area (Å²) in [6.45, 7) is 2.16. The summed E-state index contributed by atoms with van der Waals surface area (Å²) < 4.78 is 10.8. The Morgan fingerprint density at radius 2 is 2.12 bits per heavy atom. The Morgan fingerprint density at radius 3 is 2.75 bits per heavy atom. The largest absolute Gasteiger partial charge is 0.493 e. The quantitative estimate of drug-likeness (QED) is 0.848. The molecule has 16 heavy (non-hydrogen) atoms. The van der Waals surface area contributed by atoms with Gasteiger partial charge in [-0.05, 0) is 25.5 Å². The fourth-order valence-corrected chi connectivity index (χ4v) is 2.35. The maximum atomic E-state index is 5.47. The van der Waals surface area contributed by atoms with Crippen LogP contribution in [-0.4, -0.2) is 27.3 Å². The van der Waals surface area contributed by atoms with Crippen LogP contribution in [0, 0.1) is 0 Å². The summed E-state index contributed by atoms with van der Waals surface area (Å²) >= 11 is 0. The Bertz CT molecular complexity index is 346. The van der Waals surface area contributed by atoms with E-state index in [0.717, 1.165) is 24.6 Å². The monoisotopic (exact) mass is 221 g/mol. The molecule has 0 saturated carbocycles.